The van der Waals surface area contributed by atoms with Gasteiger partial charge in [-0.2, -0.15) is 0 Å². The van der Waals surface area contributed by atoms with E-state index in [0.29, 0.717) is 30.3 Å². The first kappa shape index (κ1) is 36.0. The second-order valence-corrected chi connectivity index (χ2v) is 13.3. The van der Waals surface area contributed by atoms with Crippen LogP contribution < -0.4 is 19.1 Å². The number of unbranched alkanes of at least 4 members (excludes halogenated alkanes) is 1. The van der Waals surface area contributed by atoms with Crippen molar-refractivity contribution in [1.82, 2.24) is 10.2 Å². The molecule has 0 heterocycles. The summed E-state index contributed by atoms with van der Waals surface area (Å²) in [7, 11) is -2.66. The fourth-order valence-corrected chi connectivity index (χ4v) is 6.68. The molecule has 4 rings (SSSR count). The zero-order chi connectivity index (χ0) is 34.5. The van der Waals surface area contributed by atoms with Gasteiger partial charge in [-0.15, -0.1) is 0 Å². The average Bonchev–Trinajstić information content (AvgIpc) is 3.10. The maximum absolute atomic E-state index is 14.6. The third-order valence-electron chi connectivity index (χ3n) is 7.91. The predicted octanol–water partition coefficient (Wildman–Crippen LogP) is 6.15. The molecule has 254 valence electrons. The van der Waals surface area contributed by atoms with Crippen LogP contribution in [-0.4, -0.2) is 58.0 Å². The number of carbonyl (C=O) groups is 2. The number of anilines is 1. The molecule has 0 aliphatic rings. The number of hydrogen-bond donors (Lipinski definition) is 1. The molecule has 0 radical (unpaired) electrons. The number of ether oxygens (including phenoxy) is 2. The summed E-state index contributed by atoms with van der Waals surface area (Å²) in [6.45, 7) is 6.22. The van der Waals surface area contributed by atoms with Gasteiger partial charge in [0.2, 0.25) is 11.8 Å². The summed E-state index contributed by atoms with van der Waals surface area (Å²) in [6.07, 6.45) is 1.92. The number of aryl methyl sites for hydroxylation is 1. The molecule has 4 aromatic rings. The number of sulfonamides is 1. The van der Waals surface area contributed by atoms with E-state index in [1.807, 2.05) is 69.3 Å². The molecule has 1 N–H and O–H groups in total. The maximum atomic E-state index is 14.6. The zero-order valence-corrected chi connectivity index (χ0v) is 28.9. The van der Waals surface area contributed by atoms with Crippen molar-refractivity contribution < 1.29 is 27.5 Å². The Bertz CT molecular complexity index is 1730. The van der Waals surface area contributed by atoms with E-state index in [0.717, 1.165) is 33.8 Å². The van der Waals surface area contributed by atoms with E-state index in [4.69, 9.17) is 9.47 Å². The fraction of sp³-hybridized carbons (Fsp3) is 0.316. The van der Waals surface area contributed by atoms with Gasteiger partial charge in [0.1, 0.15) is 24.1 Å². The molecule has 0 unspecified atom stereocenters. The number of benzene rings is 4. The van der Waals surface area contributed by atoms with Crippen LogP contribution in [0.5, 0.6) is 11.5 Å². The van der Waals surface area contributed by atoms with Crippen molar-refractivity contribution >= 4 is 27.5 Å². The Kier molecular flexibility index (Phi) is 13.0. The minimum absolute atomic E-state index is 0.0109. The van der Waals surface area contributed by atoms with E-state index in [1.165, 1.54) is 17.0 Å². The van der Waals surface area contributed by atoms with E-state index in [9.17, 15) is 18.0 Å². The number of amides is 2. The summed E-state index contributed by atoms with van der Waals surface area (Å²) in [5.41, 5.74) is 2.87. The largest absolute Gasteiger partial charge is 0.497 e. The zero-order valence-electron chi connectivity index (χ0n) is 28.1. The Morgan fingerprint density at radius 2 is 1.52 bits per heavy atom. The monoisotopic (exact) mass is 671 g/mol. The summed E-state index contributed by atoms with van der Waals surface area (Å²) < 4.78 is 40.6. The first-order valence-electron chi connectivity index (χ1n) is 16.2. The number of hydrogen-bond acceptors (Lipinski definition) is 6. The van der Waals surface area contributed by atoms with E-state index in [-0.39, 0.29) is 23.8 Å². The highest BCUT2D eigenvalue weighted by Gasteiger charge is 2.34. The lowest BCUT2D eigenvalue weighted by Crippen LogP contribution is -2.53. The summed E-state index contributed by atoms with van der Waals surface area (Å²) in [5, 5.41) is 3.01. The van der Waals surface area contributed by atoms with Gasteiger partial charge in [-0.3, -0.25) is 13.9 Å². The number of nitrogens with zero attached hydrogens (tertiary/aromatic N) is 2. The van der Waals surface area contributed by atoms with Gasteiger partial charge in [-0.05, 0) is 79.9 Å². The maximum Gasteiger partial charge on any atom is 0.264 e. The third-order valence-corrected chi connectivity index (χ3v) is 9.70. The molecule has 0 spiro atoms. The van der Waals surface area contributed by atoms with E-state index < -0.39 is 28.5 Å². The summed E-state index contributed by atoms with van der Waals surface area (Å²) >= 11 is 0. The molecule has 1 atom stereocenters. The average molecular weight is 672 g/mol. The molecule has 48 heavy (non-hydrogen) atoms. The molecule has 0 fully saturated rings. The van der Waals surface area contributed by atoms with Crippen LogP contribution in [0.1, 0.15) is 43.4 Å². The summed E-state index contributed by atoms with van der Waals surface area (Å²) in [5.74, 6) is 0.308. The number of carbonyl (C=O) groups excluding carboxylic acids is 2. The molecule has 10 heteroatoms. The van der Waals surface area contributed by atoms with Gasteiger partial charge >= 0.3 is 0 Å². The van der Waals surface area contributed by atoms with Crippen LogP contribution in [0.2, 0.25) is 0 Å². The van der Waals surface area contributed by atoms with Gasteiger partial charge in [-0.1, -0.05) is 73.5 Å². The molecule has 0 bridgehead atoms. The van der Waals surface area contributed by atoms with Crippen LogP contribution in [0.4, 0.5) is 5.69 Å². The minimum Gasteiger partial charge on any atom is -0.497 e. The molecule has 0 aromatic heterocycles. The van der Waals surface area contributed by atoms with Crippen molar-refractivity contribution in [2.24, 2.45) is 0 Å². The van der Waals surface area contributed by atoms with Crippen molar-refractivity contribution in [2.45, 2.75) is 57.5 Å². The minimum atomic E-state index is -4.22. The van der Waals surface area contributed by atoms with Crippen LogP contribution in [0.15, 0.2) is 108 Å². The summed E-state index contributed by atoms with van der Waals surface area (Å²) in [4.78, 5) is 30.0. The van der Waals surface area contributed by atoms with E-state index in [2.05, 4.69) is 5.32 Å². The highest BCUT2D eigenvalue weighted by molar-refractivity contribution is 7.92. The predicted molar refractivity (Wildman–Crippen MR) is 189 cm³/mol. The lowest BCUT2D eigenvalue weighted by molar-refractivity contribution is -0.140. The highest BCUT2D eigenvalue weighted by Crippen LogP contribution is 2.27. The second-order valence-electron chi connectivity index (χ2n) is 11.5. The van der Waals surface area contributed by atoms with Crippen molar-refractivity contribution in [1.29, 1.82) is 0 Å². The number of rotatable bonds is 17. The van der Waals surface area contributed by atoms with Gasteiger partial charge in [0, 0.05) is 19.5 Å². The van der Waals surface area contributed by atoms with E-state index >= 15 is 0 Å². The number of nitrogens with one attached hydrogen (secondary N) is 1. The van der Waals surface area contributed by atoms with Crippen LogP contribution in [0, 0.1) is 6.92 Å². The Hall–Kier alpha value is -4.83. The lowest BCUT2D eigenvalue weighted by Gasteiger charge is -2.34. The first-order chi connectivity index (χ1) is 23.2. The van der Waals surface area contributed by atoms with Crippen LogP contribution >= 0.6 is 0 Å². The Labute approximate surface area is 284 Å². The van der Waals surface area contributed by atoms with Crippen molar-refractivity contribution in [3.8, 4) is 11.5 Å². The third kappa shape index (κ3) is 9.60. The van der Waals surface area contributed by atoms with E-state index in [1.54, 1.807) is 49.6 Å². The normalized spacial score (nSPS) is 11.8. The van der Waals surface area contributed by atoms with Gasteiger partial charge in [0.25, 0.3) is 10.0 Å². The summed E-state index contributed by atoms with van der Waals surface area (Å²) in [6, 6.07) is 28.9. The van der Waals surface area contributed by atoms with Gasteiger partial charge in [0.15, 0.2) is 0 Å². The van der Waals surface area contributed by atoms with Crippen LogP contribution in [0.25, 0.3) is 0 Å². The SMILES string of the molecule is CCCCNC(=O)[C@@H](Cc1ccccc1)N(Cc1cccc(OC)c1)C(=O)CN(c1ccc(C)cc1)S(=O)(=O)c1ccc(OCC)cc1. The second kappa shape index (κ2) is 17.4. The molecule has 4 aromatic carbocycles. The van der Waals surface area contributed by atoms with Gasteiger partial charge in [0.05, 0.1) is 24.3 Å². The van der Waals surface area contributed by atoms with Crippen molar-refractivity contribution in [3.63, 3.8) is 0 Å². The van der Waals surface area contributed by atoms with Crippen molar-refractivity contribution in [2.75, 3.05) is 31.1 Å². The first-order valence-corrected chi connectivity index (χ1v) is 17.7. The fourth-order valence-electron chi connectivity index (χ4n) is 5.27. The van der Waals surface area contributed by atoms with Gasteiger partial charge in [-0.25, -0.2) is 8.42 Å². The Balaban J connectivity index is 1.79. The molecule has 0 saturated carbocycles. The molecule has 0 saturated heterocycles. The number of methoxy groups -OCH3 is 1. The molecule has 0 aliphatic carbocycles. The van der Waals surface area contributed by atoms with Crippen LogP contribution in [0.3, 0.4) is 0 Å². The topological polar surface area (TPSA) is 105 Å². The highest BCUT2D eigenvalue weighted by atomic mass is 32.2. The van der Waals surface area contributed by atoms with Crippen molar-refractivity contribution in [3.05, 3.63) is 120 Å². The lowest BCUT2D eigenvalue weighted by atomic mass is 10.0. The standard InChI is InChI=1S/C38H45N3O6S/c1-5-7-24-39-38(43)36(26-30-12-9-8-10-13-30)40(27-31-14-11-15-34(25-31)46-4)37(42)28-41(32-18-16-29(3)17-19-32)48(44,45)35-22-20-33(21-23-35)47-6-2/h8-23,25,36H,5-7,24,26-28H2,1-4H3,(H,39,43)/t36-/m1/s1. The van der Waals surface area contributed by atoms with Crippen LogP contribution in [-0.2, 0) is 32.6 Å². The smallest absolute Gasteiger partial charge is 0.264 e. The quantitative estimate of drug-likeness (QED) is 0.135. The van der Waals surface area contributed by atoms with Gasteiger partial charge < -0.3 is 19.7 Å². The Morgan fingerprint density at radius 1 is 0.833 bits per heavy atom. The molecule has 0 aliphatic heterocycles. The molecule has 9 nitrogen and oxygen atoms in total. The Morgan fingerprint density at radius 3 is 2.17 bits per heavy atom. The molecular weight excluding hydrogens is 627 g/mol. The molecule has 2 amide bonds. The molecular formula is C38H45N3O6S.